The standard InChI is InChI=1S/C21H20ClNO5S/c1-2-25-18(24)11-17-21(29)23-15-7-6-12(22)10-14(15)19(28-17)13-4-3-5-16-20(13)27-9-8-26-16/h3-7,10,17,19H,2,8-9,11H2,1H3,(H,23,29)/t17-,19-/m1/s1. The van der Waals surface area contributed by atoms with Crippen molar-refractivity contribution in [1.29, 1.82) is 0 Å². The molecule has 0 bridgehead atoms. The first kappa shape index (κ1) is 19.9. The van der Waals surface area contributed by atoms with Crippen LogP contribution in [0.15, 0.2) is 36.4 Å². The van der Waals surface area contributed by atoms with Gasteiger partial charge in [-0.3, -0.25) is 4.79 Å². The molecule has 2 aromatic rings. The van der Waals surface area contributed by atoms with E-state index in [-0.39, 0.29) is 12.4 Å². The van der Waals surface area contributed by atoms with Crippen molar-refractivity contribution in [1.82, 2.24) is 0 Å². The van der Waals surface area contributed by atoms with Crippen LogP contribution in [0.3, 0.4) is 0 Å². The van der Waals surface area contributed by atoms with Crippen molar-refractivity contribution in [3.05, 3.63) is 52.5 Å². The van der Waals surface area contributed by atoms with Gasteiger partial charge in [0.25, 0.3) is 0 Å². The van der Waals surface area contributed by atoms with Crippen LogP contribution >= 0.6 is 23.8 Å². The van der Waals surface area contributed by atoms with Gasteiger partial charge in [-0.25, -0.2) is 0 Å². The lowest BCUT2D eigenvalue weighted by molar-refractivity contribution is -0.145. The molecular weight excluding hydrogens is 414 g/mol. The molecule has 0 fully saturated rings. The summed E-state index contributed by atoms with van der Waals surface area (Å²) < 4.78 is 23.1. The van der Waals surface area contributed by atoms with Crippen molar-refractivity contribution in [3.8, 4) is 11.5 Å². The molecule has 0 aromatic heterocycles. The van der Waals surface area contributed by atoms with Gasteiger partial charge >= 0.3 is 5.97 Å². The topological polar surface area (TPSA) is 66.0 Å². The van der Waals surface area contributed by atoms with E-state index in [1.807, 2.05) is 30.3 Å². The molecule has 2 aliphatic heterocycles. The van der Waals surface area contributed by atoms with Crippen molar-refractivity contribution < 1.29 is 23.7 Å². The molecule has 0 aliphatic carbocycles. The Morgan fingerprint density at radius 1 is 1.24 bits per heavy atom. The highest BCUT2D eigenvalue weighted by molar-refractivity contribution is 7.80. The first-order valence-corrected chi connectivity index (χ1v) is 10.2. The number of ether oxygens (including phenoxy) is 4. The van der Waals surface area contributed by atoms with E-state index in [0.29, 0.717) is 41.3 Å². The highest BCUT2D eigenvalue weighted by Gasteiger charge is 2.34. The highest BCUT2D eigenvalue weighted by atomic mass is 35.5. The molecular formula is C21H20ClNO5S. The molecule has 6 nitrogen and oxygen atoms in total. The van der Waals surface area contributed by atoms with E-state index in [2.05, 4.69) is 5.32 Å². The molecule has 2 heterocycles. The predicted molar refractivity (Wildman–Crippen MR) is 113 cm³/mol. The Balaban J connectivity index is 1.78. The van der Waals surface area contributed by atoms with Crippen LogP contribution in [0.1, 0.15) is 30.6 Å². The number of nitrogens with one attached hydrogen (secondary N) is 1. The number of benzene rings is 2. The minimum atomic E-state index is -0.666. The lowest BCUT2D eigenvalue weighted by Gasteiger charge is -2.27. The molecule has 0 unspecified atom stereocenters. The van der Waals surface area contributed by atoms with E-state index < -0.39 is 12.2 Å². The zero-order chi connectivity index (χ0) is 20.4. The minimum absolute atomic E-state index is 0.00424. The number of carbonyl (C=O) groups excluding carboxylic acids is 1. The van der Waals surface area contributed by atoms with Crippen LogP contribution in [-0.2, 0) is 14.3 Å². The fourth-order valence-corrected chi connectivity index (χ4v) is 3.86. The molecule has 0 saturated carbocycles. The number of halogens is 1. The van der Waals surface area contributed by atoms with Gasteiger partial charge < -0.3 is 24.3 Å². The Labute approximate surface area is 179 Å². The summed E-state index contributed by atoms with van der Waals surface area (Å²) in [4.78, 5) is 12.5. The number of thiocarbonyl (C=S) groups is 1. The minimum Gasteiger partial charge on any atom is -0.486 e. The van der Waals surface area contributed by atoms with Crippen molar-refractivity contribution in [2.24, 2.45) is 0 Å². The van der Waals surface area contributed by atoms with E-state index in [1.165, 1.54) is 0 Å². The normalized spacial score (nSPS) is 20.3. The number of carbonyl (C=O) groups is 1. The van der Waals surface area contributed by atoms with E-state index in [9.17, 15) is 4.79 Å². The van der Waals surface area contributed by atoms with Gasteiger partial charge in [0.2, 0.25) is 0 Å². The van der Waals surface area contributed by atoms with Gasteiger partial charge in [0.05, 0.1) is 13.0 Å². The molecule has 2 atom stereocenters. The molecule has 4 rings (SSSR count). The smallest absolute Gasteiger partial charge is 0.308 e. The fraction of sp³-hybridized carbons (Fsp3) is 0.333. The number of hydrogen-bond donors (Lipinski definition) is 1. The van der Waals surface area contributed by atoms with E-state index in [4.69, 9.17) is 42.8 Å². The summed E-state index contributed by atoms with van der Waals surface area (Å²) in [6.07, 6.45) is -1.22. The average molecular weight is 434 g/mol. The summed E-state index contributed by atoms with van der Waals surface area (Å²) in [5, 5.41) is 3.76. The van der Waals surface area contributed by atoms with E-state index >= 15 is 0 Å². The Morgan fingerprint density at radius 2 is 2.07 bits per heavy atom. The third kappa shape index (κ3) is 4.17. The third-order valence-electron chi connectivity index (χ3n) is 4.68. The van der Waals surface area contributed by atoms with Crippen LogP contribution in [0.2, 0.25) is 5.02 Å². The molecule has 0 saturated heterocycles. The summed E-state index contributed by atoms with van der Waals surface area (Å²) in [5.74, 6) is 0.902. The average Bonchev–Trinajstić information content (AvgIpc) is 2.84. The van der Waals surface area contributed by atoms with E-state index in [1.54, 1.807) is 13.0 Å². The number of para-hydroxylation sites is 1. The van der Waals surface area contributed by atoms with Crippen LogP contribution in [0.5, 0.6) is 11.5 Å². The van der Waals surface area contributed by atoms with Crippen molar-refractivity contribution >= 4 is 40.5 Å². The lowest BCUT2D eigenvalue weighted by atomic mass is 9.98. The molecule has 29 heavy (non-hydrogen) atoms. The van der Waals surface area contributed by atoms with Gasteiger partial charge in [-0.2, -0.15) is 0 Å². The van der Waals surface area contributed by atoms with Gasteiger partial charge in [-0.1, -0.05) is 36.0 Å². The summed E-state index contributed by atoms with van der Waals surface area (Å²) in [6, 6.07) is 11.1. The van der Waals surface area contributed by atoms with Gasteiger partial charge in [-0.15, -0.1) is 0 Å². The maximum atomic E-state index is 12.1. The highest BCUT2D eigenvalue weighted by Crippen LogP contribution is 2.44. The molecule has 0 radical (unpaired) electrons. The summed E-state index contributed by atoms with van der Waals surface area (Å²) in [5.41, 5.74) is 2.35. The van der Waals surface area contributed by atoms with Crippen molar-refractivity contribution in [2.75, 3.05) is 25.1 Å². The summed E-state index contributed by atoms with van der Waals surface area (Å²) >= 11 is 11.8. The number of hydrogen-bond acceptors (Lipinski definition) is 6. The Hall–Kier alpha value is -2.35. The van der Waals surface area contributed by atoms with Crippen LogP contribution in [0, 0.1) is 0 Å². The van der Waals surface area contributed by atoms with Crippen molar-refractivity contribution in [3.63, 3.8) is 0 Å². The number of esters is 1. The first-order chi connectivity index (χ1) is 14.1. The fourth-order valence-electron chi connectivity index (χ4n) is 3.43. The Bertz CT molecular complexity index is 951. The number of fused-ring (bicyclic) bond motifs is 2. The third-order valence-corrected chi connectivity index (χ3v) is 5.28. The van der Waals surface area contributed by atoms with Crippen LogP contribution in [0.25, 0.3) is 0 Å². The van der Waals surface area contributed by atoms with Crippen LogP contribution in [-0.4, -0.2) is 36.9 Å². The van der Waals surface area contributed by atoms with Crippen molar-refractivity contribution in [2.45, 2.75) is 25.6 Å². The van der Waals surface area contributed by atoms with Crippen LogP contribution < -0.4 is 14.8 Å². The maximum Gasteiger partial charge on any atom is 0.308 e. The van der Waals surface area contributed by atoms with Gasteiger partial charge in [-0.05, 0) is 31.2 Å². The summed E-state index contributed by atoms with van der Waals surface area (Å²) in [7, 11) is 0. The molecule has 0 spiro atoms. The monoisotopic (exact) mass is 433 g/mol. The van der Waals surface area contributed by atoms with Gasteiger partial charge in [0.1, 0.15) is 30.4 Å². The quantitative estimate of drug-likeness (QED) is 0.569. The zero-order valence-corrected chi connectivity index (χ0v) is 17.3. The zero-order valence-electron chi connectivity index (χ0n) is 15.8. The molecule has 8 heteroatoms. The molecule has 1 N–H and O–H groups in total. The molecule has 0 amide bonds. The number of rotatable bonds is 4. The predicted octanol–water partition coefficient (Wildman–Crippen LogP) is 4.29. The first-order valence-electron chi connectivity index (χ1n) is 9.36. The Kier molecular flexibility index (Phi) is 5.89. The molecule has 2 aromatic carbocycles. The number of anilines is 1. The summed E-state index contributed by atoms with van der Waals surface area (Å²) in [6.45, 7) is 2.99. The Morgan fingerprint density at radius 3 is 2.90 bits per heavy atom. The molecule has 152 valence electrons. The van der Waals surface area contributed by atoms with Gasteiger partial charge in [0.15, 0.2) is 11.5 Å². The molecule has 2 aliphatic rings. The van der Waals surface area contributed by atoms with Crippen LogP contribution in [0.4, 0.5) is 5.69 Å². The lowest BCUT2D eigenvalue weighted by Crippen LogP contribution is -2.31. The second-order valence-electron chi connectivity index (χ2n) is 6.61. The largest absolute Gasteiger partial charge is 0.486 e. The second-order valence-corrected chi connectivity index (χ2v) is 7.48. The maximum absolute atomic E-state index is 12.1. The second kappa shape index (κ2) is 8.57. The van der Waals surface area contributed by atoms with E-state index in [0.717, 1.165) is 16.8 Å². The SMILES string of the molecule is CCOC(=O)C[C@H]1O[C@H](c2cccc3c2OCCO3)c2cc(Cl)ccc2NC1=S. The van der Waals surface area contributed by atoms with Gasteiger partial charge in [0, 0.05) is 21.8 Å².